The topological polar surface area (TPSA) is 109 Å². The molecule has 2 aromatic carbocycles. The molecule has 4 aromatic rings. The summed E-state index contributed by atoms with van der Waals surface area (Å²) in [7, 11) is 0. The molecule has 5 heterocycles. The maximum absolute atomic E-state index is 16.8. The Morgan fingerprint density at radius 3 is 2.61 bits per heavy atom. The zero-order valence-corrected chi connectivity index (χ0v) is 24.1. The molecule has 3 N–H and O–H groups in total. The van der Waals surface area contributed by atoms with E-state index in [-0.39, 0.29) is 73.6 Å². The van der Waals surface area contributed by atoms with Crippen molar-refractivity contribution in [3.63, 3.8) is 0 Å². The Morgan fingerprint density at radius 2 is 1.93 bits per heavy atom. The number of anilines is 2. The lowest BCUT2D eigenvalue weighted by Crippen LogP contribution is -2.51. The van der Waals surface area contributed by atoms with Gasteiger partial charge in [-0.05, 0) is 43.4 Å². The number of aromatic nitrogens is 2. The number of nitriles is 1. The second kappa shape index (κ2) is 11.0. The van der Waals surface area contributed by atoms with E-state index in [2.05, 4.69) is 15.3 Å². The van der Waals surface area contributed by atoms with Gasteiger partial charge in [0.1, 0.15) is 28.2 Å². The number of nitrogen functional groups attached to an aromatic ring is 1. The van der Waals surface area contributed by atoms with Crippen LogP contribution in [0.1, 0.15) is 36.8 Å². The van der Waals surface area contributed by atoms with Gasteiger partial charge in [-0.2, -0.15) is 28.4 Å². The van der Waals surface area contributed by atoms with E-state index in [0.29, 0.717) is 26.3 Å². The zero-order valence-electron chi connectivity index (χ0n) is 23.3. The molecule has 44 heavy (non-hydrogen) atoms. The summed E-state index contributed by atoms with van der Waals surface area (Å²) in [5.74, 6) is -1.84. The van der Waals surface area contributed by atoms with Gasteiger partial charge < -0.3 is 25.4 Å². The number of nitrogens with zero attached hydrogens (tertiary/aromatic N) is 4. The van der Waals surface area contributed by atoms with E-state index in [1.165, 1.54) is 0 Å². The van der Waals surface area contributed by atoms with Crippen molar-refractivity contribution in [2.45, 2.75) is 43.9 Å². The minimum Gasteiger partial charge on any atom is -0.463 e. The standard InChI is InChI=1S/C30H27F5N6O2S/c31-21-6-5-17(22-19(9-36)27(37)44-26(21)22)23-20(30(33,34)35)8-18-25(24(23)32)39-29(43-13-14-2-1-7-42-12-14)40-28(18)41-10-15-3-4-16(11-41)38-15/h5-6,8,14-16,38H,1-4,7,10-13,37H2. The van der Waals surface area contributed by atoms with E-state index in [0.717, 1.165) is 55.2 Å². The fourth-order valence-corrected chi connectivity index (χ4v) is 7.54. The molecule has 0 radical (unpaired) electrons. The van der Waals surface area contributed by atoms with Crippen molar-refractivity contribution in [1.82, 2.24) is 15.3 Å². The van der Waals surface area contributed by atoms with Gasteiger partial charge >= 0.3 is 12.2 Å². The van der Waals surface area contributed by atoms with Crippen LogP contribution < -0.4 is 20.7 Å². The van der Waals surface area contributed by atoms with Crippen LogP contribution in [0.25, 0.3) is 32.1 Å². The van der Waals surface area contributed by atoms with Gasteiger partial charge in [0.15, 0.2) is 5.82 Å². The van der Waals surface area contributed by atoms with Gasteiger partial charge in [-0.25, -0.2) is 8.78 Å². The van der Waals surface area contributed by atoms with Crippen molar-refractivity contribution in [1.29, 1.82) is 5.26 Å². The average Bonchev–Trinajstić information content (AvgIpc) is 3.53. The molecule has 7 rings (SSSR count). The van der Waals surface area contributed by atoms with Crippen LogP contribution in [0.2, 0.25) is 0 Å². The molecule has 3 saturated heterocycles. The van der Waals surface area contributed by atoms with Gasteiger partial charge in [-0.15, -0.1) is 11.3 Å². The maximum atomic E-state index is 16.8. The van der Waals surface area contributed by atoms with Crippen molar-refractivity contribution < 1.29 is 31.4 Å². The van der Waals surface area contributed by atoms with Crippen LogP contribution in [-0.2, 0) is 10.9 Å². The quantitative estimate of drug-likeness (QED) is 0.258. The number of fused-ring (bicyclic) bond motifs is 4. The molecule has 3 aliphatic rings. The summed E-state index contributed by atoms with van der Waals surface area (Å²) in [5, 5.41) is 12.9. The molecule has 0 spiro atoms. The molecule has 0 saturated carbocycles. The minimum absolute atomic E-state index is 0.0653. The number of hydrogen-bond donors (Lipinski definition) is 2. The van der Waals surface area contributed by atoms with Crippen LogP contribution in [-0.4, -0.2) is 55.0 Å². The molecule has 3 aliphatic heterocycles. The highest BCUT2D eigenvalue weighted by Crippen LogP contribution is 2.48. The van der Waals surface area contributed by atoms with Gasteiger partial charge in [0.05, 0.1) is 29.0 Å². The Bertz CT molecular complexity index is 1800. The normalized spacial score (nSPS) is 22.1. The third kappa shape index (κ3) is 4.96. The summed E-state index contributed by atoms with van der Waals surface area (Å²) in [6.45, 7) is 2.29. The number of hydrogen-bond acceptors (Lipinski definition) is 9. The van der Waals surface area contributed by atoms with E-state index in [9.17, 15) is 22.8 Å². The summed E-state index contributed by atoms with van der Waals surface area (Å²) in [6.07, 6.45) is -1.47. The summed E-state index contributed by atoms with van der Waals surface area (Å²) in [5.41, 5.74) is 2.91. The SMILES string of the molecule is N#Cc1c(N)sc2c(F)ccc(-c3c(C(F)(F)F)cc4c(N5CC6CCC(C5)N6)nc(OCC5CCCOC5)nc4c3F)c12. The molecule has 14 heteroatoms. The number of alkyl halides is 3. The fourth-order valence-electron chi connectivity index (χ4n) is 6.59. The lowest BCUT2D eigenvalue weighted by atomic mass is 9.92. The maximum Gasteiger partial charge on any atom is 0.417 e. The first kappa shape index (κ1) is 28.9. The van der Waals surface area contributed by atoms with Crippen LogP contribution >= 0.6 is 11.3 Å². The molecule has 2 aromatic heterocycles. The third-order valence-electron chi connectivity index (χ3n) is 8.61. The molecule has 0 amide bonds. The number of ether oxygens (including phenoxy) is 2. The molecule has 230 valence electrons. The number of nitrogens with one attached hydrogen (secondary N) is 1. The highest BCUT2D eigenvalue weighted by atomic mass is 32.1. The smallest absolute Gasteiger partial charge is 0.417 e. The highest BCUT2D eigenvalue weighted by molar-refractivity contribution is 7.23. The first-order valence-corrected chi connectivity index (χ1v) is 15.2. The number of thiophene rings is 1. The Hall–Kier alpha value is -3.80. The van der Waals surface area contributed by atoms with E-state index in [4.69, 9.17) is 15.2 Å². The predicted molar refractivity (Wildman–Crippen MR) is 156 cm³/mol. The van der Waals surface area contributed by atoms with E-state index < -0.39 is 28.9 Å². The minimum atomic E-state index is -5.02. The zero-order chi connectivity index (χ0) is 30.7. The van der Waals surface area contributed by atoms with E-state index in [1.807, 2.05) is 11.0 Å². The Kier molecular flexibility index (Phi) is 7.22. The van der Waals surface area contributed by atoms with Crippen molar-refractivity contribution in [3.05, 3.63) is 41.0 Å². The Labute approximate surface area is 252 Å². The lowest BCUT2D eigenvalue weighted by molar-refractivity contribution is -0.137. The van der Waals surface area contributed by atoms with Crippen molar-refractivity contribution in [2.24, 2.45) is 5.92 Å². The number of benzene rings is 2. The molecular formula is C30H27F5N6O2S. The second-order valence-electron chi connectivity index (χ2n) is 11.5. The highest BCUT2D eigenvalue weighted by Gasteiger charge is 2.40. The number of piperazine rings is 1. The molecule has 3 atom stereocenters. The largest absolute Gasteiger partial charge is 0.463 e. The van der Waals surface area contributed by atoms with Gasteiger partial charge in [-0.3, -0.25) is 0 Å². The fraction of sp³-hybridized carbons (Fsp3) is 0.433. The average molecular weight is 631 g/mol. The van der Waals surface area contributed by atoms with Crippen LogP contribution in [0, 0.1) is 28.9 Å². The number of halogens is 5. The van der Waals surface area contributed by atoms with Crippen molar-refractivity contribution in [2.75, 3.05) is 43.5 Å². The molecule has 2 bridgehead atoms. The second-order valence-corrected chi connectivity index (χ2v) is 12.6. The molecule has 3 unspecified atom stereocenters. The molecular weight excluding hydrogens is 603 g/mol. The molecule has 0 aliphatic carbocycles. The predicted octanol–water partition coefficient (Wildman–Crippen LogP) is 6.01. The van der Waals surface area contributed by atoms with Gasteiger partial charge in [0.2, 0.25) is 0 Å². The van der Waals surface area contributed by atoms with E-state index in [1.54, 1.807) is 0 Å². The van der Waals surface area contributed by atoms with Gasteiger partial charge in [0, 0.05) is 54.0 Å². The number of rotatable bonds is 5. The summed E-state index contributed by atoms with van der Waals surface area (Å²) in [6, 6.07) is 4.76. The van der Waals surface area contributed by atoms with Crippen LogP contribution in [0.4, 0.5) is 32.8 Å². The first-order valence-electron chi connectivity index (χ1n) is 14.4. The van der Waals surface area contributed by atoms with Gasteiger partial charge in [-0.1, -0.05) is 6.07 Å². The van der Waals surface area contributed by atoms with Crippen molar-refractivity contribution >= 4 is 43.1 Å². The third-order valence-corrected chi connectivity index (χ3v) is 9.64. The van der Waals surface area contributed by atoms with Crippen LogP contribution in [0.3, 0.4) is 0 Å². The summed E-state index contributed by atoms with van der Waals surface area (Å²) >= 11 is 0.720. The number of nitrogens with two attached hydrogens (primary N) is 1. The first-order chi connectivity index (χ1) is 21.1. The Balaban J connectivity index is 1.46. The lowest BCUT2D eigenvalue weighted by Gasteiger charge is -2.34. The molecule has 8 nitrogen and oxygen atoms in total. The van der Waals surface area contributed by atoms with Crippen molar-refractivity contribution in [3.8, 4) is 23.2 Å². The Morgan fingerprint density at radius 1 is 1.16 bits per heavy atom. The molecule has 3 fully saturated rings. The van der Waals surface area contributed by atoms with Crippen LogP contribution in [0.5, 0.6) is 6.01 Å². The summed E-state index contributed by atoms with van der Waals surface area (Å²) in [4.78, 5) is 10.7. The van der Waals surface area contributed by atoms with Gasteiger partial charge in [0.25, 0.3) is 0 Å². The monoisotopic (exact) mass is 630 g/mol. The van der Waals surface area contributed by atoms with Crippen LogP contribution in [0.15, 0.2) is 18.2 Å². The van der Waals surface area contributed by atoms with E-state index >= 15 is 4.39 Å². The summed E-state index contributed by atoms with van der Waals surface area (Å²) < 4.78 is 87.3.